The quantitative estimate of drug-likeness (QED) is 0.407. The number of hydrogen-bond donors (Lipinski definition) is 1. The Morgan fingerprint density at radius 3 is 2.41 bits per heavy atom. The van der Waals surface area contributed by atoms with Crippen molar-refractivity contribution in [1.29, 1.82) is 0 Å². The van der Waals surface area contributed by atoms with E-state index in [1.807, 2.05) is 30.3 Å². The lowest BCUT2D eigenvalue weighted by Gasteiger charge is -2.07. The van der Waals surface area contributed by atoms with Gasteiger partial charge in [-0.2, -0.15) is 0 Å². The normalized spacial score (nSPS) is 11.0. The summed E-state index contributed by atoms with van der Waals surface area (Å²) in [5, 5.41) is 2.83. The van der Waals surface area contributed by atoms with Crippen LogP contribution in [0.2, 0.25) is 0 Å². The molecule has 0 aliphatic heterocycles. The van der Waals surface area contributed by atoms with Crippen molar-refractivity contribution in [3.05, 3.63) is 72.3 Å². The summed E-state index contributed by atoms with van der Waals surface area (Å²) < 4.78 is 21.6. The highest BCUT2D eigenvalue weighted by atomic mass is 16.5. The number of carbonyl (C=O) groups is 1. The van der Waals surface area contributed by atoms with Crippen LogP contribution >= 0.6 is 0 Å². The third-order valence-electron chi connectivity index (χ3n) is 4.83. The van der Waals surface area contributed by atoms with Gasteiger partial charge in [-0.05, 0) is 60.2 Å². The fraction of sp³-hybridized carbons (Fsp3) is 0.120. The number of carbonyl (C=O) groups excluding carboxylic acids is 1. The van der Waals surface area contributed by atoms with E-state index in [9.17, 15) is 4.79 Å². The van der Waals surface area contributed by atoms with Gasteiger partial charge in [0.1, 0.15) is 11.3 Å². The summed E-state index contributed by atoms with van der Waals surface area (Å²) in [6, 6.07) is 18.2. The predicted molar refractivity (Wildman–Crippen MR) is 123 cm³/mol. The van der Waals surface area contributed by atoms with Gasteiger partial charge in [-0.3, -0.25) is 4.79 Å². The number of benzene rings is 3. The molecular weight excluding hydrogens is 408 g/mol. The Morgan fingerprint density at radius 1 is 0.906 bits per heavy atom. The second-order valence-corrected chi connectivity index (χ2v) is 6.87. The monoisotopic (exact) mass is 430 g/mol. The molecule has 0 aliphatic carbocycles. The van der Waals surface area contributed by atoms with Crippen LogP contribution in [0.3, 0.4) is 0 Å². The average Bonchev–Trinajstić information content (AvgIpc) is 3.26. The summed E-state index contributed by atoms with van der Waals surface area (Å²) in [5.74, 6) is 2.21. The summed E-state index contributed by atoms with van der Waals surface area (Å²) in [5.41, 5.74) is 3.54. The van der Waals surface area contributed by atoms with Gasteiger partial charge in [0.25, 0.3) is 0 Å². The standard InChI is InChI=1S/C25H22N2O5/c1-29-19-9-6-17(7-10-19)25-27-20-11-8-18(15-22(20)32-25)26-24(28)13-5-16-4-12-21(30-2)23(14-16)31-3/h4-15H,1-3H3,(H,26,28)/b13-5+. The number of amides is 1. The second-order valence-electron chi connectivity index (χ2n) is 6.87. The van der Waals surface area contributed by atoms with E-state index in [1.165, 1.54) is 6.08 Å². The Hall–Kier alpha value is -4.26. The smallest absolute Gasteiger partial charge is 0.248 e. The van der Waals surface area contributed by atoms with Crippen LogP contribution < -0.4 is 19.5 Å². The molecule has 0 fully saturated rings. The van der Waals surface area contributed by atoms with Gasteiger partial charge in [0, 0.05) is 23.4 Å². The maximum atomic E-state index is 12.4. The van der Waals surface area contributed by atoms with Gasteiger partial charge in [0.15, 0.2) is 17.1 Å². The SMILES string of the molecule is COc1ccc(-c2nc3ccc(NC(=O)/C=C/c4ccc(OC)c(OC)c4)cc3o2)cc1. The number of ether oxygens (including phenoxy) is 3. The third kappa shape index (κ3) is 4.57. The Labute approximate surface area is 185 Å². The summed E-state index contributed by atoms with van der Waals surface area (Å²) in [6.45, 7) is 0. The number of nitrogens with zero attached hydrogens (tertiary/aromatic N) is 1. The summed E-state index contributed by atoms with van der Waals surface area (Å²) in [4.78, 5) is 16.9. The molecule has 1 N–H and O–H groups in total. The van der Waals surface area contributed by atoms with E-state index in [1.54, 1.807) is 57.7 Å². The van der Waals surface area contributed by atoms with Crippen molar-refractivity contribution < 1.29 is 23.4 Å². The van der Waals surface area contributed by atoms with Crippen LogP contribution in [-0.4, -0.2) is 32.2 Å². The number of nitrogens with one attached hydrogen (secondary N) is 1. The average molecular weight is 430 g/mol. The highest BCUT2D eigenvalue weighted by Gasteiger charge is 2.10. The lowest BCUT2D eigenvalue weighted by molar-refractivity contribution is -0.111. The number of fused-ring (bicyclic) bond motifs is 1. The molecule has 0 radical (unpaired) electrons. The van der Waals surface area contributed by atoms with E-state index in [0.717, 1.165) is 16.9 Å². The summed E-state index contributed by atoms with van der Waals surface area (Å²) in [6.07, 6.45) is 3.15. The van der Waals surface area contributed by atoms with E-state index in [-0.39, 0.29) is 5.91 Å². The van der Waals surface area contributed by atoms with E-state index < -0.39 is 0 Å². The largest absolute Gasteiger partial charge is 0.497 e. The van der Waals surface area contributed by atoms with Crippen LogP contribution in [0.5, 0.6) is 17.2 Å². The van der Waals surface area contributed by atoms with Crippen molar-refractivity contribution in [2.75, 3.05) is 26.6 Å². The van der Waals surface area contributed by atoms with Gasteiger partial charge in [-0.25, -0.2) is 4.98 Å². The van der Waals surface area contributed by atoms with E-state index in [2.05, 4.69) is 10.3 Å². The number of rotatable bonds is 7. The Morgan fingerprint density at radius 2 is 1.69 bits per heavy atom. The van der Waals surface area contributed by atoms with Crippen LogP contribution in [0.15, 0.2) is 71.2 Å². The molecule has 0 bridgehead atoms. The Kier molecular flexibility index (Phi) is 6.07. The molecule has 1 heterocycles. The lowest BCUT2D eigenvalue weighted by Crippen LogP contribution is -2.07. The lowest BCUT2D eigenvalue weighted by atomic mass is 10.2. The highest BCUT2D eigenvalue weighted by Crippen LogP contribution is 2.29. The van der Waals surface area contributed by atoms with Crippen molar-refractivity contribution in [1.82, 2.24) is 4.98 Å². The summed E-state index contributed by atoms with van der Waals surface area (Å²) in [7, 11) is 4.76. The first-order valence-electron chi connectivity index (χ1n) is 9.85. The molecule has 0 aliphatic rings. The number of hydrogen-bond acceptors (Lipinski definition) is 6. The molecule has 7 heteroatoms. The Bertz CT molecular complexity index is 1280. The van der Waals surface area contributed by atoms with Gasteiger partial charge in [-0.15, -0.1) is 0 Å². The van der Waals surface area contributed by atoms with Crippen molar-refractivity contribution in [3.8, 4) is 28.7 Å². The van der Waals surface area contributed by atoms with Crippen LogP contribution in [0.4, 0.5) is 5.69 Å². The summed E-state index contributed by atoms with van der Waals surface area (Å²) >= 11 is 0. The number of aromatic nitrogens is 1. The molecule has 32 heavy (non-hydrogen) atoms. The van der Waals surface area contributed by atoms with Crippen molar-refractivity contribution in [3.63, 3.8) is 0 Å². The van der Waals surface area contributed by atoms with Gasteiger partial charge in [-0.1, -0.05) is 6.07 Å². The topological polar surface area (TPSA) is 82.8 Å². The molecule has 0 spiro atoms. The molecule has 0 saturated heterocycles. The molecular formula is C25H22N2O5. The minimum Gasteiger partial charge on any atom is -0.497 e. The van der Waals surface area contributed by atoms with Crippen molar-refractivity contribution >= 4 is 28.8 Å². The molecule has 162 valence electrons. The predicted octanol–water partition coefficient (Wildman–Crippen LogP) is 5.17. The van der Waals surface area contributed by atoms with Gasteiger partial charge in [0.2, 0.25) is 11.8 Å². The fourth-order valence-corrected chi connectivity index (χ4v) is 3.17. The number of oxazole rings is 1. The molecule has 4 aromatic rings. The minimum atomic E-state index is -0.269. The Balaban J connectivity index is 1.47. The van der Waals surface area contributed by atoms with Gasteiger partial charge in [0.05, 0.1) is 21.3 Å². The molecule has 1 amide bonds. The minimum absolute atomic E-state index is 0.269. The number of methoxy groups -OCH3 is 3. The number of anilines is 1. The van der Waals surface area contributed by atoms with E-state index >= 15 is 0 Å². The molecule has 4 rings (SSSR count). The zero-order valence-corrected chi connectivity index (χ0v) is 17.9. The maximum Gasteiger partial charge on any atom is 0.248 e. The first kappa shape index (κ1) is 21.0. The van der Waals surface area contributed by atoms with Gasteiger partial charge < -0.3 is 23.9 Å². The molecule has 0 saturated carbocycles. The molecule has 1 aromatic heterocycles. The second kappa shape index (κ2) is 9.26. The van der Waals surface area contributed by atoms with Gasteiger partial charge >= 0.3 is 0 Å². The molecule has 3 aromatic carbocycles. The molecule has 0 unspecified atom stereocenters. The highest BCUT2D eigenvalue weighted by molar-refractivity contribution is 6.02. The van der Waals surface area contributed by atoms with Crippen LogP contribution in [0, 0.1) is 0 Å². The van der Waals surface area contributed by atoms with Crippen molar-refractivity contribution in [2.45, 2.75) is 0 Å². The molecule has 7 nitrogen and oxygen atoms in total. The third-order valence-corrected chi connectivity index (χ3v) is 4.83. The zero-order chi connectivity index (χ0) is 22.5. The van der Waals surface area contributed by atoms with Crippen LogP contribution in [0.1, 0.15) is 5.56 Å². The maximum absolute atomic E-state index is 12.4. The zero-order valence-electron chi connectivity index (χ0n) is 17.9. The first-order valence-corrected chi connectivity index (χ1v) is 9.85. The fourth-order valence-electron chi connectivity index (χ4n) is 3.17. The van der Waals surface area contributed by atoms with Crippen LogP contribution in [-0.2, 0) is 4.79 Å². The molecule has 0 atom stereocenters. The van der Waals surface area contributed by atoms with E-state index in [0.29, 0.717) is 34.2 Å². The van der Waals surface area contributed by atoms with Crippen LogP contribution in [0.25, 0.3) is 28.6 Å². The first-order chi connectivity index (χ1) is 15.6. The van der Waals surface area contributed by atoms with Crippen molar-refractivity contribution in [2.24, 2.45) is 0 Å². The van der Waals surface area contributed by atoms with E-state index in [4.69, 9.17) is 18.6 Å².